The highest BCUT2D eigenvalue weighted by atomic mass is 16.4. The number of amides is 1. The largest absolute Gasteiger partial charge is 0.481 e. The van der Waals surface area contributed by atoms with Crippen LogP contribution >= 0.6 is 0 Å². The lowest BCUT2D eigenvalue weighted by Crippen LogP contribution is -2.40. The quantitative estimate of drug-likeness (QED) is 0.847. The molecular weight excluding hydrogens is 266 g/mol. The van der Waals surface area contributed by atoms with Crippen molar-refractivity contribution in [1.82, 2.24) is 4.90 Å². The fraction of sp³-hybridized carbons (Fsp3) is 0.412. The highest BCUT2D eigenvalue weighted by Crippen LogP contribution is 2.24. The monoisotopic (exact) mass is 287 g/mol. The summed E-state index contributed by atoms with van der Waals surface area (Å²) in [5, 5.41) is 8.98. The minimum Gasteiger partial charge on any atom is -0.481 e. The van der Waals surface area contributed by atoms with Crippen LogP contribution in [0, 0.1) is 5.92 Å². The van der Waals surface area contributed by atoms with Gasteiger partial charge >= 0.3 is 5.97 Å². The maximum atomic E-state index is 12.3. The van der Waals surface area contributed by atoms with Crippen molar-refractivity contribution in [3.63, 3.8) is 0 Å². The summed E-state index contributed by atoms with van der Waals surface area (Å²) in [4.78, 5) is 25.0. The van der Waals surface area contributed by atoms with Gasteiger partial charge in [0.15, 0.2) is 0 Å². The number of carboxylic acids is 1. The number of hydrogen-bond acceptors (Lipinski definition) is 2. The molecule has 1 amide bonds. The summed E-state index contributed by atoms with van der Waals surface area (Å²) in [5.74, 6) is -0.975. The van der Waals surface area contributed by atoms with Crippen molar-refractivity contribution < 1.29 is 14.7 Å². The van der Waals surface area contributed by atoms with Crippen LogP contribution in [0.5, 0.6) is 0 Å². The smallest absolute Gasteiger partial charge is 0.306 e. The molecule has 1 atom stereocenters. The van der Waals surface area contributed by atoms with Crippen LogP contribution in [0.3, 0.4) is 0 Å². The Morgan fingerprint density at radius 2 is 1.90 bits per heavy atom. The third-order valence-corrected chi connectivity index (χ3v) is 4.10. The molecule has 0 saturated carbocycles. The highest BCUT2D eigenvalue weighted by molar-refractivity contribution is 5.78. The molecule has 1 aromatic rings. The molecule has 112 valence electrons. The summed E-state index contributed by atoms with van der Waals surface area (Å²) in [6, 6.07) is 9.85. The van der Waals surface area contributed by atoms with E-state index in [0.717, 1.165) is 5.56 Å². The Morgan fingerprint density at radius 3 is 2.43 bits per heavy atom. The summed E-state index contributed by atoms with van der Waals surface area (Å²) in [6.07, 6.45) is 3.29. The molecule has 1 unspecified atom stereocenters. The maximum Gasteiger partial charge on any atom is 0.306 e. The topological polar surface area (TPSA) is 57.6 Å². The van der Waals surface area contributed by atoms with Crippen LogP contribution in [-0.4, -0.2) is 35.0 Å². The lowest BCUT2D eigenvalue weighted by molar-refractivity contribution is -0.145. The van der Waals surface area contributed by atoms with Crippen molar-refractivity contribution in [3.05, 3.63) is 48.6 Å². The van der Waals surface area contributed by atoms with Crippen molar-refractivity contribution in [2.45, 2.75) is 25.2 Å². The lowest BCUT2D eigenvalue weighted by atomic mass is 9.93. The number of hydrogen-bond donors (Lipinski definition) is 1. The molecule has 1 aliphatic heterocycles. The normalized spacial score (nSPS) is 17.2. The van der Waals surface area contributed by atoms with Gasteiger partial charge in [0.1, 0.15) is 0 Å². The minimum atomic E-state index is -0.754. The predicted molar refractivity (Wildman–Crippen MR) is 80.9 cm³/mol. The van der Waals surface area contributed by atoms with Gasteiger partial charge in [-0.15, -0.1) is 6.58 Å². The second-order valence-electron chi connectivity index (χ2n) is 5.45. The predicted octanol–water partition coefficient (Wildman–Crippen LogP) is 2.67. The molecular formula is C17H21NO3. The first-order valence-electron chi connectivity index (χ1n) is 7.30. The highest BCUT2D eigenvalue weighted by Gasteiger charge is 2.27. The van der Waals surface area contributed by atoms with Crippen molar-refractivity contribution in [2.75, 3.05) is 13.1 Å². The van der Waals surface area contributed by atoms with Crippen molar-refractivity contribution in [3.8, 4) is 0 Å². The molecule has 1 fully saturated rings. The zero-order valence-corrected chi connectivity index (χ0v) is 12.1. The molecule has 4 heteroatoms. The van der Waals surface area contributed by atoms with E-state index in [1.54, 1.807) is 11.0 Å². The van der Waals surface area contributed by atoms with Crippen LogP contribution in [0.4, 0.5) is 0 Å². The molecule has 0 spiro atoms. The summed E-state index contributed by atoms with van der Waals surface area (Å²) < 4.78 is 0. The van der Waals surface area contributed by atoms with Gasteiger partial charge in [-0.3, -0.25) is 9.59 Å². The molecule has 1 N–H and O–H groups in total. The van der Waals surface area contributed by atoms with E-state index in [1.807, 2.05) is 30.3 Å². The Kier molecular flexibility index (Phi) is 5.14. The molecule has 0 aliphatic carbocycles. The molecule has 0 radical (unpaired) electrons. The van der Waals surface area contributed by atoms with E-state index in [9.17, 15) is 9.59 Å². The van der Waals surface area contributed by atoms with Crippen LogP contribution in [0.25, 0.3) is 0 Å². The van der Waals surface area contributed by atoms with Crippen molar-refractivity contribution in [1.29, 1.82) is 0 Å². The number of piperidine rings is 1. The Morgan fingerprint density at radius 1 is 1.29 bits per heavy atom. The lowest BCUT2D eigenvalue weighted by Gasteiger charge is -2.31. The van der Waals surface area contributed by atoms with Crippen LogP contribution in [0.1, 0.15) is 30.7 Å². The summed E-state index contributed by atoms with van der Waals surface area (Å²) >= 11 is 0. The average Bonchev–Trinajstić information content (AvgIpc) is 2.53. The van der Waals surface area contributed by atoms with E-state index >= 15 is 0 Å². The molecule has 1 aliphatic rings. The van der Waals surface area contributed by atoms with E-state index in [4.69, 9.17) is 5.11 Å². The van der Waals surface area contributed by atoms with Crippen LogP contribution < -0.4 is 0 Å². The van der Waals surface area contributed by atoms with E-state index in [0.29, 0.717) is 32.4 Å². The molecule has 1 heterocycles. The third kappa shape index (κ3) is 3.94. The van der Waals surface area contributed by atoms with Crippen LogP contribution in [0.2, 0.25) is 0 Å². The first kappa shape index (κ1) is 15.3. The molecule has 0 bridgehead atoms. The number of carbonyl (C=O) groups excluding carboxylic acids is 1. The first-order valence-corrected chi connectivity index (χ1v) is 7.30. The van der Waals surface area contributed by atoms with Gasteiger partial charge in [0.2, 0.25) is 5.91 Å². The van der Waals surface area contributed by atoms with Gasteiger partial charge in [-0.05, 0) is 18.4 Å². The number of carboxylic acid groups (broad SMARTS) is 1. The number of allylic oxidation sites excluding steroid dienone is 1. The fourth-order valence-corrected chi connectivity index (χ4v) is 2.73. The summed E-state index contributed by atoms with van der Waals surface area (Å²) in [6.45, 7) is 4.89. The Labute approximate surface area is 125 Å². The molecule has 1 saturated heterocycles. The third-order valence-electron chi connectivity index (χ3n) is 4.10. The second-order valence-corrected chi connectivity index (χ2v) is 5.45. The van der Waals surface area contributed by atoms with Crippen LogP contribution in [-0.2, 0) is 9.59 Å². The van der Waals surface area contributed by atoms with Crippen molar-refractivity contribution >= 4 is 11.9 Å². The Hall–Kier alpha value is -2.10. The molecule has 21 heavy (non-hydrogen) atoms. The maximum absolute atomic E-state index is 12.3. The van der Waals surface area contributed by atoms with Gasteiger partial charge in [-0.25, -0.2) is 0 Å². The minimum absolute atomic E-state index is 0.0101. The average molecular weight is 287 g/mol. The SMILES string of the molecule is C=CC(CC(=O)N1CCC(C(=O)O)CC1)c1ccccc1. The fourth-order valence-electron chi connectivity index (χ4n) is 2.73. The zero-order chi connectivity index (χ0) is 15.2. The van der Waals surface area contributed by atoms with E-state index in [1.165, 1.54) is 0 Å². The summed E-state index contributed by atoms with van der Waals surface area (Å²) in [5.41, 5.74) is 1.08. The number of nitrogens with zero attached hydrogens (tertiary/aromatic N) is 1. The number of rotatable bonds is 5. The van der Waals surface area contributed by atoms with E-state index < -0.39 is 5.97 Å². The Bertz CT molecular complexity index is 504. The van der Waals surface area contributed by atoms with Gasteiger partial charge in [0, 0.05) is 25.4 Å². The number of benzene rings is 1. The van der Waals surface area contributed by atoms with Gasteiger partial charge in [0.05, 0.1) is 5.92 Å². The zero-order valence-electron chi connectivity index (χ0n) is 12.1. The Balaban J connectivity index is 1.92. The van der Waals surface area contributed by atoms with E-state index in [-0.39, 0.29) is 17.7 Å². The van der Waals surface area contributed by atoms with Gasteiger partial charge in [-0.2, -0.15) is 0 Å². The summed E-state index contributed by atoms with van der Waals surface area (Å²) in [7, 11) is 0. The molecule has 1 aromatic carbocycles. The number of carbonyl (C=O) groups is 2. The van der Waals surface area contributed by atoms with E-state index in [2.05, 4.69) is 6.58 Å². The van der Waals surface area contributed by atoms with Gasteiger partial charge in [-0.1, -0.05) is 36.4 Å². The van der Waals surface area contributed by atoms with Gasteiger partial charge in [0.25, 0.3) is 0 Å². The standard InChI is InChI=1S/C17H21NO3/c1-2-13(14-6-4-3-5-7-14)12-16(19)18-10-8-15(9-11-18)17(20)21/h2-7,13,15H,1,8-12H2,(H,20,21). The van der Waals surface area contributed by atoms with Crippen LogP contribution in [0.15, 0.2) is 43.0 Å². The molecule has 0 aromatic heterocycles. The van der Waals surface area contributed by atoms with Gasteiger partial charge < -0.3 is 10.0 Å². The number of aliphatic carboxylic acids is 1. The molecule has 2 rings (SSSR count). The first-order chi connectivity index (χ1) is 10.1. The second kappa shape index (κ2) is 7.07. The number of likely N-dealkylation sites (tertiary alicyclic amines) is 1. The molecule has 4 nitrogen and oxygen atoms in total. The van der Waals surface area contributed by atoms with Crippen molar-refractivity contribution in [2.24, 2.45) is 5.92 Å².